The summed E-state index contributed by atoms with van der Waals surface area (Å²) in [4.78, 5) is 0. The van der Waals surface area contributed by atoms with E-state index in [1.54, 1.807) is 0 Å². The van der Waals surface area contributed by atoms with Gasteiger partial charge in [-0.15, -0.1) is 0 Å². The molecule has 2 nitrogen and oxygen atoms in total. The first-order valence-corrected chi connectivity index (χ1v) is 13.0. The van der Waals surface area contributed by atoms with Crippen LogP contribution in [0, 0.1) is 0 Å². The molecule has 6 aromatic rings. The number of benzene rings is 6. The van der Waals surface area contributed by atoms with Crippen molar-refractivity contribution < 1.29 is 9.31 Å². The Bertz CT molecular complexity index is 1720. The molecule has 0 aromatic heterocycles. The Balaban J connectivity index is 1.29. The first-order valence-electron chi connectivity index (χ1n) is 13.0. The molecule has 1 aliphatic rings. The SMILES string of the molecule is CC1(C)OB(c2cccc(-c3cccc(-c4cc5ccc6cccc7ccc(c4)c5c67)c3)c2)OC1(C)C. The molecule has 0 unspecified atom stereocenters. The summed E-state index contributed by atoms with van der Waals surface area (Å²) in [5.41, 5.74) is 5.12. The highest BCUT2D eigenvalue weighted by molar-refractivity contribution is 6.62. The van der Waals surface area contributed by atoms with E-state index in [1.165, 1.54) is 49.0 Å². The zero-order valence-corrected chi connectivity index (χ0v) is 21.7. The standard InChI is InChI=1S/C34H29BO2/c1-33(2)34(3,4)37-35(36-33)30-13-7-12-26(21-30)24-10-6-11-25(18-24)29-19-27-16-14-22-8-5-9-23-15-17-28(20-29)32(27)31(22)23/h5-21H,1-4H3. The van der Waals surface area contributed by atoms with Crippen LogP contribution in [0.1, 0.15) is 27.7 Å². The molecule has 0 aliphatic carbocycles. The maximum Gasteiger partial charge on any atom is 0.494 e. The normalized spacial score (nSPS) is 16.8. The minimum atomic E-state index is -0.367. The molecule has 3 heteroatoms. The van der Waals surface area contributed by atoms with Crippen LogP contribution in [0.15, 0.2) is 103 Å². The van der Waals surface area contributed by atoms with Gasteiger partial charge in [0.25, 0.3) is 0 Å². The summed E-state index contributed by atoms with van der Waals surface area (Å²) in [6.45, 7) is 8.37. The Kier molecular flexibility index (Phi) is 4.82. The van der Waals surface area contributed by atoms with Crippen molar-refractivity contribution in [2.75, 3.05) is 0 Å². The van der Waals surface area contributed by atoms with Crippen LogP contribution in [0.4, 0.5) is 0 Å². The van der Waals surface area contributed by atoms with Gasteiger partial charge in [-0.3, -0.25) is 0 Å². The summed E-state index contributed by atoms with van der Waals surface area (Å²) in [5, 5.41) is 7.87. The van der Waals surface area contributed by atoms with Crippen molar-refractivity contribution in [3.63, 3.8) is 0 Å². The van der Waals surface area contributed by atoms with Crippen molar-refractivity contribution in [3.05, 3.63) is 103 Å². The van der Waals surface area contributed by atoms with Crippen molar-refractivity contribution in [2.24, 2.45) is 0 Å². The van der Waals surface area contributed by atoms with Gasteiger partial charge in [-0.2, -0.15) is 0 Å². The topological polar surface area (TPSA) is 18.5 Å². The summed E-state index contributed by atoms with van der Waals surface area (Å²) < 4.78 is 12.6. The van der Waals surface area contributed by atoms with Gasteiger partial charge in [0, 0.05) is 0 Å². The highest BCUT2D eigenvalue weighted by Gasteiger charge is 2.51. The quantitative estimate of drug-likeness (QED) is 0.188. The minimum absolute atomic E-state index is 0.357. The summed E-state index contributed by atoms with van der Waals surface area (Å²) >= 11 is 0. The van der Waals surface area contributed by atoms with Crippen molar-refractivity contribution >= 4 is 44.9 Å². The molecule has 1 saturated heterocycles. The molecular formula is C34H29BO2. The van der Waals surface area contributed by atoms with E-state index in [1.807, 2.05) is 0 Å². The molecule has 0 saturated carbocycles. The molecule has 0 radical (unpaired) electrons. The molecule has 0 spiro atoms. The van der Waals surface area contributed by atoms with Crippen LogP contribution in [0.2, 0.25) is 0 Å². The van der Waals surface area contributed by atoms with E-state index >= 15 is 0 Å². The summed E-state index contributed by atoms with van der Waals surface area (Å²) in [7, 11) is -0.367. The van der Waals surface area contributed by atoms with Crippen molar-refractivity contribution in [1.29, 1.82) is 0 Å². The molecule has 1 heterocycles. The molecule has 1 aliphatic heterocycles. The first-order chi connectivity index (χ1) is 17.8. The Morgan fingerprint density at radius 1 is 0.459 bits per heavy atom. The van der Waals surface area contributed by atoms with Crippen molar-refractivity contribution in [3.8, 4) is 22.3 Å². The lowest BCUT2D eigenvalue weighted by atomic mass is 9.78. The predicted octanol–water partition coefficient (Wildman–Crippen LogP) is 8.22. The number of hydrogen-bond donors (Lipinski definition) is 0. The number of rotatable bonds is 3. The Labute approximate surface area is 218 Å². The van der Waals surface area contributed by atoms with Gasteiger partial charge in [-0.1, -0.05) is 84.9 Å². The molecule has 0 N–H and O–H groups in total. The fourth-order valence-electron chi connectivity index (χ4n) is 5.64. The van der Waals surface area contributed by atoms with Crippen LogP contribution in [-0.4, -0.2) is 18.3 Å². The second-order valence-electron chi connectivity index (χ2n) is 11.3. The molecule has 6 aromatic carbocycles. The fraction of sp³-hybridized carbons (Fsp3) is 0.176. The Hall–Kier alpha value is -3.66. The van der Waals surface area contributed by atoms with E-state index in [9.17, 15) is 0 Å². The molecule has 7 rings (SSSR count). The monoisotopic (exact) mass is 480 g/mol. The Morgan fingerprint density at radius 2 is 0.919 bits per heavy atom. The lowest BCUT2D eigenvalue weighted by Crippen LogP contribution is -2.41. The highest BCUT2D eigenvalue weighted by atomic mass is 16.7. The van der Waals surface area contributed by atoms with Crippen LogP contribution in [0.5, 0.6) is 0 Å². The van der Waals surface area contributed by atoms with Crippen LogP contribution in [0.3, 0.4) is 0 Å². The van der Waals surface area contributed by atoms with Crippen LogP contribution < -0.4 is 5.46 Å². The second kappa shape index (κ2) is 7.92. The lowest BCUT2D eigenvalue weighted by molar-refractivity contribution is 0.00578. The van der Waals surface area contributed by atoms with Gasteiger partial charge in [0.05, 0.1) is 11.2 Å². The second-order valence-corrected chi connectivity index (χ2v) is 11.3. The third-order valence-electron chi connectivity index (χ3n) is 8.40. The summed E-state index contributed by atoms with van der Waals surface area (Å²) in [6, 6.07) is 37.6. The van der Waals surface area contributed by atoms with E-state index < -0.39 is 0 Å². The third-order valence-corrected chi connectivity index (χ3v) is 8.40. The maximum absolute atomic E-state index is 6.31. The van der Waals surface area contributed by atoms with Crippen molar-refractivity contribution in [1.82, 2.24) is 0 Å². The maximum atomic E-state index is 6.31. The zero-order valence-electron chi connectivity index (χ0n) is 21.7. The Morgan fingerprint density at radius 3 is 1.54 bits per heavy atom. The van der Waals surface area contributed by atoms with Gasteiger partial charge in [-0.25, -0.2) is 0 Å². The van der Waals surface area contributed by atoms with E-state index in [0.717, 1.165) is 11.0 Å². The highest BCUT2D eigenvalue weighted by Crippen LogP contribution is 2.39. The van der Waals surface area contributed by atoms with Gasteiger partial charge < -0.3 is 9.31 Å². The molecule has 0 atom stereocenters. The smallest absolute Gasteiger partial charge is 0.399 e. The van der Waals surface area contributed by atoms with E-state index in [-0.39, 0.29) is 18.3 Å². The van der Waals surface area contributed by atoms with Gasteiger partial charge >= 0.3 is 7.12 Å². The molecular weight excluding hydrogens is 451 g/mol. The zero-order chi connectivity index (χ0) is 25.4. The average molecular weight is 480 g/mol. The van der Waals surface area contributed by atoms with Crippen LogP contribution in [-0.2, 0) is 9.31 Å². The van der Waals surface area contributed by atoms with E-state index in [2.05, 4.69) is 131 Å². The minimum Gasteiger partial charge on any atom is -0.399 e. The third kappa shape index (κ3) is 3.57. The van der Waals surface area contributed by atoms with Gasteiger partial charge in [0.2, 0.25) is 0 Å². The van der Waals surface area contributed by atoms with Gasteiger partial charge in [0.1, 0.15) is 0 Å². The first kappa shape index (κ1) is 22.5. The lowest BCUT2D eigenvalue weighted by Gasteiger charge is -2.32. The fourth-order valence-corrected chi connectivity index (χ4v) is 5.64. The largest absolute Gasteiger partial charge is 0.494 e. The van der Waals surface area contributed by atoms with Gasteiger partial charge in [0.15, 0.2) is 0 Å². The van der Waals surface area contributed by atoms with E-state index in [0.29, 0.717) is 0 Å². The van der Waals surface area contributed by atoms with Gasteiger partial charge in [-0.05, 0) is 106 Å². The molecule has 0 amide bonds. The predicted molar refractivity (Wildman–Crippen MR) is 157 cm³/mol. The van der Waals surface area contributed by atoms with E-state index in [4.69, 9.17) is 9.31 Å². The van der Waals surface area contributed by atoms with Crippen LogP contribution in [0.25, 0.3) is 54.6 Å². The summed E-state index contributed by atoms with van der Waals surface area (Å²) in [5.74, 6) is 0. The summed E-state index contributed by atoms with van der Waals surface area (Å²) in [6.07, 6.45) is 0. The molecule has 0 bridgehead atoms. The molecule has 1 fully saturated rings. The average Bonchev–Trinajstić information content (AvgIpc) is 3.13. The molecule has 180 valence electrons. The van der Waals surface area contributed by atoms with Crippen molar-refractivity contribution in [2.45, 2.75) is 38.9 Å². The molecule has 37 heavy (non-hydrogen) atoms. The number of hydrogen-bond acceptors (Lipinski definition) is 2. The van der Waals surface area contributed by atoms with Crippen LogP contribution >= 0.6 is 0 Å².